The number of aromatic amines is 1. The second-order valence-corrected chi connectivity index (χ2v) is 4.49. The first kappa shape index (κ1) is 13.9. The molecule has 1 aromatic heterocycles. The molecule has 0 atom stereocenters. The van der Waals surface area contributed by atoms with Crippen molar-refractivity contribution in [2.24, 2.45) is 0 Å². The highest BCUT2D eigenvalue weighted by atomic mass is 16.5. The molecule has 2 aromatic rings. The number of hydrogen-bond acceptors (Lipinski definition) is 3. The lowest BCUT2D eigenvalue weighted by atomic mass is 10.1. The van der Waals surface area contributed by atoms with E-state index >= 15 is 0 Å². The Labute approximate surface area is 115 Å². The van der Waals surface area contributed by atoms with Crippen molar-refractivity contribution in [3.05, 3.63) is 63.1 Å². The summed E-state index contributed by atoms with van der Waals surface area (Å²) in [6.45, 7) is 3.35. The molecule has 1 heterocycles. The van der Waals surface area contributed by atoms with E-state index in [0.29, 0.717) is 5.69 Å². The van der Waals surface area contributed by atoms with Gasteiger partial charge in [0.25, 0.3) is 0 Å². The largest absolute Gasteiger partial charge is 0.483 e. The first-order valence-corrected chi connectivity index (χ1v) is 6.14. The minimum atomic E-state index is -1.16. The van der Waals surface area contributed by atoms with Crippen LogP contribution in [0.2, 0.25) is 0 Å². The SMILES string of the molecule is Cc1[nH]c(C(=O)O)c(C)c(=O)c1OCc1ccccc1. The van der Waals surface area contributed by atoms with Crippen molar-refractivity contribution in [3.63, 3.8) is 0 Å². The van der Waals surface area contributed by atoms with E-state index in [1.807, 2.05) is 30.3 Å². The molecule has 2 rings (SSSR count). The van der Waals surface area contributed by atoms with E-state index < -0.39 is 11.4 Å². The molecule has 2 N–H and O–H groups in total. The maximum atomic E-state index is 12.1. The summed E-state index contributed by atoms with van der Waals surface area (Å²) in [4.78, 5) is 25.8. The topological polar surface area (TPSA) is 79.4 Å². The highest BCUT2D eigenvalue weighted by Gasteiger charge is 2.17. The van der Waals surface area contributed by atoms with E-state index in [4.69, 9.17) is 9.84 Å². The molecule has 0 aliphatic carbocycles. The number of pyridine rings is 1. The Morgan fingerprint density at radius 3 is 2.50 bits per heavy atom. The molecule has 5 nitrogen and oxygen atoms in total. The third-order valence-electron chi connectivity index (χ3n) is 3.01. The minimum absolute atomic E-state index is 0.0976. The zero-order valence-electron chi connectivity index (χ0n) is 11.3. The molecule has 0 fully saturated rings. The number of carboxylic acids is 1. The van der Waals surface area contributed by atoms with E-state index in [2.05, 4.69) is 4.98 Å². The van der Waals surface area contributed by atoms with E-state index in [9.17, 15) is 9.59 Å². The first-order valence-electron chi connectivity index (χ1n) is 6.14. The Morgan fingerprint density at radius 2 is 1.90 bits per heavy atom. The maximum Gasteiger partial charge on any atom is 0.352 e. The summed E-state index contributed by atoms with van der Waals surface area (Å²) in [6, 6.07) is 9.44. The molecule has 0 unspecified atom stereocenters. The molecule has 0 aliphatic rings. The van der Waals surface area contributed by atoms with Crippen LogP contribution in [0.5, 0.6) is 5.75 Å². The predicted molar refractivity (Wildman–Crippen MR) is 74.3 cm³/mol. The molecular weight excluding hydrogens is 258 g/mol. The fraction of sp³-hybridized carbons (Fsp3) is 0.200. The number of H-pyrrole nitrogens is 1. The van der Waals surface area contributed by atoms with Crippen LogP contribution in [-0.2, 0) is 6.61 Å². The van der Waals surface area contributed by atoms with Crippen LogP contribution in [-0.4, -0.2) is 16.1 Å². The highest BCUT2D eigenvalue weighted by molar-refractivity contribution is 5.87. The Balaban J connectivity index is 2.32. The van der Waals surface area contributed by atoms with Crippen molar-refractivity contribution in [3.8, 4) is 5.75 Å². The van der Waals surface area contributed by atoms with Gasteiger partial charge in [0.2, 0.25) is 5.43 Å². The molecule has 20 heavy (non-hydrogen) atoms. The second-order valence-electron chi connectivity index (χ2n) is 4.49. The number of carboxylic acid groups (broad SMARTS) is 1. The number of aromatic nitrogens is 1. The fourth-order valence-electron chi connectivity index (χ4n) is 1.91. The smallest absolute Gasteiger partial charge is 0.352 e. The Morgan fingerprint density at radius 1 is 1.25 bits per heavy atom. The van der Waals surface area contributed by atoms with Gasteiger partial charge in [-0.05, 0) is 19.4 Å². The molecule has 0 amide bonds. The Hall–Kier alpha value is -2.56. The average Bonchev–Trinajstić information content (AvgIpc) is 2.43. The summed E-state index contributed by atoms with van der Waals surface area (Å²) >= 11 is 0. The molecule has 0 saturated heterocycles. The molecular formula is C15H15NO4. The Kier molecular flexibility index (Phi) is 3.89. The van der Waals surface area contributed by atoms with Crippen LogP contribution in [0.4, 0.5) is 0 Å². The molecule has 0 radical (unpaired) electrons. The lowest BCUT2D eigenvalue weighted by Gasteiger charge is -2.11. The summed E-state index contributed by atoms with van der Waals surface area (Å²) in [6.07, 6.45) is 0. The Bertz CT molecular complexity index is 689. The van der Waals surface area contributed by atoms with E-state index in [-0.39, 0.29) is 23.6 Å². The minimum Gasteiger partial charge on any atom is -0.483 e. The maximum absolute atomic E-state index is 12.1. The van der Waals surface area contributed by atoms with E-state index in [1.165, 1.54) is 6.92 Å². The van der Waals surface area contributed by atoms with Gasteiger partial charge in [0.1, 0.15) is 12.3 Å². The van der Waals surface area contributed by atoms with Gasteiger partial charge in [-0.1, -0.05) is 30.3 Å². The van der Waals surface area contributed by atoms with Gasteiger partial charge >= 0.3 is 5.97 Å². The normalized spacial score (nSPS) is 10.3. The second kappa shape index (κ2) is 5.61. The van der Waals surface area contributed by atoms with Gasteiger partial charge in [0.15, 0.2) is 5.75 Å². The molecule has 0 spiro atoms. The van der Waals surface area contributed by atoms with Gasteiger partial charge in [-0.15, -0.1) is 0 Å². The van der Waals surface area contributed by atoms with Gasteiger partial charge in [-0.2, -0.15) is 0 Å². The lowest BCUT2D eigenvalue weighted by molar-refractivity contribution is 0.0689. The quantitative estimate of drug-likeness (QED) is 0.895. The number of aryl methyl sites for hydroxylation is 1. The summed E-state index contributed by atoms with van der Waals surface area (Å²) in [5.74, 6) is -0.992. The lowest BCUT2D eigenvalue weighted by Crippen LogP contribution is -2.19. The van der Waals surface area contributed by atoms with Crippen LogP contribution in [0.15, 0.2) is 35.1 Å². The van der Waals surface area contributed by atoms with Crippen LogP contribution in [0.1, 0.15) is 27.3 Å². The molecule has 5 heteroatoms. The highest BCUT2D eigenvalue weighted by Crippen LogP contribution is 2.15. The van der Waals surface area contributed by atoms with Crippen LogP contribution in [0, 0.1) is 13.8 Å². The van der Waals surface area contributed by atoms with Gasteiger partial charge in [0, 0.05) is 5.56 Å². The monoisotopic (exact) mass is 273 g/mol. The summed E-state index contributed by atoms with van der Waals surface area (Å²) in [7, 11) is 0. The predicted octanol–water partition coefficient (Wildman–Crippen LogP) is 2.27. The molecule has 0 saturated carbocycles. The third kappa shape index (κ3) is 2.71. The van der Waals surface area contributed by atoms with E-state index in [1.54, 1.807) is 6.92 Å². The molecule has 1 aromatic carbocycles. The molecule has 0 bridgehead atoms. The van der Waals surface area contributed by atoms with Crippen molar-refractivity contribution in [2.75, 3.05) is 0 Å². The number of nitrogens with one attached hydrogen (secondary N) is 1. The fourth-order valence-corrected chi connectivity index (χ4v) is 1.91. The molecule has 0 aliphatic heterocycles. The first-order chi connectivity index (χ1) is 9.50. The number of aromatic carboxylic acids is 1. The number of hydrogen-bond donors (Lipinski definition) is 2. The van der Waals surface area contributed by atoms with Crippen LogP contribution in [0.25, 0.3) is 0 Å². The van der Waals surface area contributed by atoms with Crippen molar-refractivity contribution in [1.29, 1.82) is 0 Å². The standard InChI is InChI=1S/C15H15NO4/c1-9-12(15(18)19)16-10(2)14(13(9)17)20-8-11-6-4-3-5-7-11/h3-7H,8H2,1-2H3,(H,16,17)(H,18,19). The van der Waals surface area contributed by atoms with Gasteiger partial charge in [0.05, 0.1) is 5.69 Å². The number of ether oxygens (including phenoxy) is 1. The number of carbonyl (C=O) groups is 1. The zero-order chi connectivity index (χ0) is 14.7. The zero-order valence-corrected chi connectivity index (χ0v) is 11.3. The average molecular weight is 273 g/mol. The summed E-state index contributed by atoms with van der Waals surface area (Å²) < 4.78 is 5.53. The van der Waals surface area contributed by atoms with Crippen molar-refractivity contribution < 1.29 is 14.6 Å². The third-order valence-corrected chi connectivity index (χ3v) is 3.01. The summed E-state index contributed by atoms with van der Waals surface area (Å²) in [5, 5.41) is 9.00. The van der Waals surface area contributed by atoms with Crippen molar-refractivity contribution in [2.45, 2.75) is 20.5 Å². The van der Waals surface area contributed by atoms with Crippen LogP contribution >= 0.6 is 0 Å². The van der Waals surface area contributed by atoms with Gasteiger partial charge in [-0.25, -0.2) is 4.79 Å². The molecule has 104 valence electrons. The van der Waals surface area contributed by atoms with Crippen molar-refractivity contribution >= 4 is 5.97 Å². The van der Waals surface area contributed by atoms with Gasteiger partial charge < -0.3 is 14.8 Å². The van der Waals surface area contributed by atoms with Crippen LogP contribution < -0.4 is 10.2 Å². The number of benzene rings is 1. The van der Waals surface area contributed by atoms with Gasteiger partial charge in [-0.3, -0.25) is 4.79 Å². The summed E-state index contributed by atoms with van der Waals surface area (Å²) in [5.41, 5.74) is 1.00. The van der Waals surface area contributed by atoms with Crippen LogP contribution in [0.3, 0.4) is 0 Å². The van der Waals surface area contributed by atoms with Crippen molar-refractivity contribution in [1.82, 2.24) is 4.98 Å². The number of rotatable bonds is 4. The van der Waals surface area contributed by atoms with E-state index in [0.717, 1.165) is 5.56 Å².